The largest absolute Gasteiger partial charge is 0.465 e. The molecule has 0 aromatic rings. The summed E-state index contributed by atoms with van der Waals surface area (Å²) < 4.78 is 36.8. The molecular weight excluding hydrogens is 640 g/mol. The van der Waals surface area contributed by atoms with Gasteiger partial charge in [-0.25, -0.2) is 0 Å². The minimum absolute atomic E-state index is 0.0258. The molecule has 0 heterocycles. The van der Waals surface area contributed by atoms with Crippen molar-refractivity contribution in [3.63, 3.8) is 0 Å². The zero-order valence-electron chi connectivity index (χ0n) is 30.5. The lowest BCUT2D eigenvalue weighted by Crippen LogP contribution is -2.66. The molecule has 4 aliphatic carbocycles. The first kappa shape index (κ1) is 38.3. The lowest BCUT2D eigenvalue weighted by Gasteiger charge is -2.55. The Morgan fingerprint density at radius 2 is 1.41 bits per heavy atom. The normalized spacial score (nSPS) is 38.5. The van der Waals surface area contributed by atoms with Crippen LogP contribution in [0.15, 0.2) is 0 Å². The molecular formula is C36H52O13. The fourth-order valence-electron chi connectivity index (χ4n) is 9.63. The van der Waals surface area contributed by atoms with Gasteiger partial charge in [0.25, 0.3) is 0 Å². The molecule has 49 heavy (non-hydrogen) atoms. The van der Waals surface area contributed by atoms with Crippen molar-refractivity contribution in [3.05, 3.63) is 0 Å². The van der Waals surface area contributed by atoms with Gasteiger partial charge in [0.15, 0.2) is 11.2 Å². The second kappa shape index (κ2) is 13.3. The molecule has 0 aromatic heterocycles. The van der Waals surface area contributed by atoms with Crippen molar-refractivity contribution < 1.29 is 62.0 Å². The van der Waals surface area contributed by atoms with E-state index in [0.29, 0.717) is 0 Å². The molecule has 0 unspecified atom stereocenters. The lowest BCUT2D eigenvalue weighted by molar-refractivity contribution is -0.240. The van der Waals surface area contributed by atoms with Gasteiger partial charge in [-0.05, 0) is 36.5 Å². The number of carbonyl (C=O) groups is 7. The van der Waals surface area contributed by atoms with E-state index in [9.17, 15) is 28.8 Å². The number of Topliss-reactive ketones (excluding diaryl/α,β-unsaturated/α-hetero) is 1. The molecule has 4 saturated carbocycles. The van der Waals surface area contributed by atoms with Crippen LogP contribution in [0.2, 0.25) is 0 Å². The number of rotatable bonds is 10. The third-order valence-corrected chi connectivity index (χ3v) is 11.5. The molecule has 0 radical (unpaired) electrons. The minimum atomic E-state index is -2.15. The molecule has 274 valence electrons. The fraction of sp³-hybridized carbons (Fsp3) is 0.806. The van der Waals surface area contributed by atoms with E-state index in [-0.39, 0.29) is 31.6 Å². The van der Waals surface area contributed by atoms with Crippen LogP contribution in [-0.4, -0.2) is 77.7 Å². The van der Waals surface area contributed by atoms with E-state index in [2.05, 4.69) is 0 Å². The first-order valence-electron chi connectivity index (χ1n) is 17.3. The van der Waals surface area contributed by atoms with Crippen molar-refractivity contribution in [1.82, 2.24) is 0 Å². The van der Waals surface area contributed by atoms with Gasteiger partial charge in [-0.1, -0.05) is 48.5 Å². The second-order valence-electron chi connectivity index (χ2n) is 15.4. The smallest absolute Gasteiger partial charge is 0.308 e. The Balaban J connectivity index is 2.24. The van der Waals surface area contributed by atoms with Gasteiger partial charge in [0.1, 0.15) is 24.9 Å². The van der Waals surface area contributed by atoms with Crippen LogP contribution >= 0.6 is 0 Å². The van der Waals surface area contributed by atoms with Crippen molar-refractivity contribution in [2.75, 3.05) is 6.61 Å². The number of ketones is 1. The molecule has 0 N–H and O–H groups in total. The van der Waals surface area contributed by atoms with Crippen LogP contribution in [0.25, 0.3) is 0 Å². The van der Waals surface area contributed by atoms with Gasteiger partial charge < -0.3 is 28.4 Å². The van der Waals surface area contributed by atoms with Gasteiger partial charge in [-0.3, -0.25) is 33.6 Å². The van der Waals surface area contributed by atoms with Crippen LogP contribution in [0.3, 0.4) is 0 Å². The Morgan fingerprint density at radius 1 is 0.816 bits per heavy atom. The van der Waals surface area contributed by atoms with Crippen molar-refractivity contribution in [1.29, 1.82) is 0 Å². The van der Waals surface area contributed by atoms with E-state index in [1.807, 2.05) is 13.8 Å². The molecule has 0 aliphatic heterocycles. The molecule has 4 aliphatic rings. The van der Waals surface area contributed by atoms with E-state index in [4.69, 9.17) is 28.4 Å². The maximum Gasteiger partial charge on any atom is 0.308 e. The highest BCUT2D eigenvalue weighted by atomic mass is 16.6. The van der Waals surface area contributed by atoms with Crippen molar-refractivity contribution in [3.8, 4) is 0 Å². The zero-order valence-corrected chi connectivity index (χ0v) is 30.5. The summed E-state index contributed by atoms with van der Waals surface area (Å²) in [4.78, 5) is 94.6. The summed E-state index contributed by atoms with van der Waals surface area (Å²) in [6.07, 6.45) is -3.82. The monoisotopic (exact) mass is 692 g/mol. The number of carbonyl (C=O) groups excluding carboxylic acids is 7. The average molecular weight is 693 g/mol. The van der Waals surface area contributed by atoms with Crippen LogP contribution < -0.4 is 0 Å². The van der Waals surface area contributed by atoms with E-state index in [0.717, 1.165) is 13.8 Å². The first-order valence-corrected chi connectivity index (χ1v) is 17.3. The molecule has 0 amide bonds. The summed E-state index contributed by atoms with van der Waals surface area (Å²) in [6.45, 7) is 16.6. The maximum absolute atomic E-state index is 15.6. The molecule has 11 atom stereocenters. The van der Waals surface area contributed by atoms with Gasteiger partial charge in [0, 0.05) is 46.0 Å². The molecule has 4 rings (SSSR count). The number of esters is 6. The topological polar surface area (TPSA) is 175 Å². The van der Waals surface area contributed by atoms with Gasteiger partial charge >= 0.3 is 35.8 Å². The zero-order chi connectivity index (χ0) is 37.0. The molecule has 4 fully saturated rings. The number of hydrogen-bond acceptors (Lipinski definition) is 13. The van der Waals surface area contributed by atoms with Crippen molar-refractivity contribution in [2.24, 2.45) is 46.3 Å². The van der Waals surface area contributed by atoms with E-state index < -0.39 is 118 Å². The molecule has 13 nitrogen and oxygen atoms in total. The Hall–Kier alpha value is -3.51. The van der Waals surface area contributed by atoms with Crippen LogP contribution in [0.4, 0.5) is 0 Å². The average Bonchev–Trinajstić information content (AvgIpc) is 3.43. The van der Waals surface area contributed by atoms with Gasteiger partial charge in [0.2, 0.25) is 5.78 Å². The minimum Gasteiger partial charge on any atom is -0.465 e. The van der Waals surface area contributed by atoms with E-state index in [1.54, 1.807) is 34.6 Å². The molecule has 0 spiro atoms. The predicted octanol–water partition coefficient (Wildman–Crippen LogP) is 3.90. The van der Waals surface area contributed by atoms with Gasteiger partial charge in [-0.2, -0.15) is 0 Å². The quantitative estimate of drug-likeness (QED) is 0.238. The number of hydrogen-bond donors (Lipinski definition) is 0. The van der Waals surface area contributed by atoms with Crippen LogP contribution in [0, 0.1) is 46.3 Å². The summed E-state index contributed by atoms with van der Waals surface area (Å²) in [7, 11) is 0. The van der Waals surface area contributed by atoms with Gasteiger partial charge in [-0.15, -0.1) is 0 Å². The van der Waals surface area contributed by atoms with Crippen molar-refractivity contribution >= 4 is 41.6 Å². The summed E-state index contributed by atoms with van der Waals surface area (Å²) >= 11 is 0. The molecule has 0 aromatic carbocycles. The highest BCUT2D eigenvalue weighted by Gasteiger charge is 2.84. The van der Waals surface area contributed by atoms with Gasteiger partial charge in [0.05, 0.1) is 17.3 Å². The second-order valence-corrected chi connectivity index (χ2v) is 15.4. The van der Waals surface area contributed by atoms with Crippen LogP contribution in [0.5, 0.6) is 0 Å². The summed E-state index contributed by atoms with van der Waals surface area (Å²) in [5.74, 6) is -9.44. The summed E-state index contributed by atoms with van der Waals surface area (Å²) in [5.41, 5.74) is -6.52. The highest BCUT2D eigenvalue weighted by molar-refractivity contribution is 5.99. The highest BCUT2D eigenvalue weighted by Crippen LogP contribution is 2.76. The SMILES string of the molecule is CCC(=O)OC[C@]12[C@H](OC(=O)C(C)C)[C@H]3[C@@H](OC(=O)CC)[C@@H](C)C[C@]3(OC(C)=O)C(=O)[C@@](C)(OC(C)=O)[C@@H]1[C@@H]1[C@H](C[C@H]2OC(C)=O)C1(C)C. The Bertz CT molecular complexity index is 1400. The van der Waals surface area contributed by atoms with E-state index in [1.165, 1.54) is 13.8 Å². The van der Waals surface area contributed by atoms with Crippen LogP contribution in [-0.2, 0) is 62.0 Å². The summed E-state index contributed by atoms with van der Waals surface area (Å²) in [6, 6.07) is 0. The molecule has 0 bridgehead atoms. The standard InChI is InChI=1S/C36H52O13/c1-12-24(40)44-16-35-23(45-19(6)37)14-22-26(33(22,9)10)29(35)34(11,48-20(7)38)32(43)36(49-21(8)39)15-18(5)28(46-25(41)13-2)27(36)30(35)47-31(42)17(3)4/h17-18,22-23,26-30H,12-16H2,1-11H3/t18-,22-,23+,26-,27+,28-,29-,30+,34-,35+,36+/m0/s1. The Morgan fingerprint density at radius 3 is 1.92 bits per heavy atom. The van der Waals surface area contributed by atoms with Crippen LogP contribution in [0.1, 0.15) is 102 Å². The Labute approximate surface area is 287 Å². The fourth-order valence-corrected chi connectivity index (χ4v) is 9.63. The van der Waals surface area contributed by atoms with E-state index >= 15 is 4.79 Å². The Kier molecular flexibility index (Phi) is 10.4. The summed E-state index contributed by atoms with van der Waals surface area (Å²) in [5, 5.41) is 0. The molecule has 13 heteroatoms. The predicted molar refractivity (Wildman–Crippen MR) is 170 cm³/mol. The lowest BCUT2D eigenvalue weighted by atomic mass is 9.55. The maximum atomic E-state index is 15.6. The third-order valence-electron chi connectivity index (χ3n) is 11.5. The molecule has 0 saturated heterocycles. The first-order chi connectivity index (χ1) is 22.6. The number of ether oxygens (including phenoxy) is 6. The third kappa shape index (κ3) is 6.24. The van der Waals surface area contributed by atoms with Crippen molar-refractivity contribution in [2.45, 2.75) is 131 Å². The number of fused-ring (bicyclic) bond motifs is 4.